The average molecular weight is 255 g/mol. The van der Waals surface area contributed by atoms with Crippen molar-refractivity contribution in [3.63, 3.8) is 0 Å². The minimum Gasteiger partial charge on any atom is -0.494 e. The molecule has 1 fully saturated rings. The van der Waals surface area contributed by atoms with E-state index in [0.717, 1.165) is 17.9 Å². The third kappa shape index (κ3) is 3.13. The minimum atomic E-state index is -0.283. The lowest BCUT2D eigenvalue weighted by atomic mass is 10.1. The first-order valence-corrected chi connectivity index (χ1v) is 6.94. The Labute approximate surface area is 106 Å². The quantitative estimate of drug-likeness (QED) is 0.878. The maximum Gasteiger partial charge on any atom is 0.165 e. The lowest BCUT2D eigenvalue weighted by Crippen LogP contribution is -2.22. The second kappa shape index (κ2) is 5.74. The van der Waals surface area contributed by atoms with Crippen LogP contribution in [0.15, 0.2) is 18.2 Å². The first kappa shape index (κ1) is 12.7. The standard InChI is InChI=1S/C13H18FNOS/c1-9-5-6-15-12(8-17-9)10-3-4-13(16-2)11(14)7-10/h3-4,7,9,12,15H,5-6,8H2,1-2H3. The van der Waals surface area contributed by atoms with E-state index in [1.54, 1.807) is 12.1 Å². The van der Waals surface area contributed by atoms with Crippen molar-refractivity contribution in [3.05, 3.63) is 29.6 Å². The molecule has 1 aromatic carbocycles. The Balaban J connectivity index is 2.13. The highest BCUT2D eigenvalue weighted by atomic mass is 32.2. The number of halogens is 1. The number of ether oxygens (including phenoxy) is 1. The van der Waals surface area contributed by atoms with E-state index >= 15 is 0 Å². The summed E-state index contributed by atoms with van der Waals surface area (Å²) in [5.41, 5.74) is 1.00. The Morgan fingerprint density at radius 1 is 1.47 bits per heavy atom. The van der Waals surface area contributed by atoms with Gasteiger partial charge in [0.25, 0.3) is 0 Å². The zero-order valence-electron chi connectivity index (χ0n) is 10.2. The summed E-state index contributed by atoms with van der Waals surface area (Å²) in [6.07, 6.45) is 1.17. The van der Waals surface area contributed by atoms with E-state index in [9.17, 15) is 4.39 Å². The molecule has 1 aliphatic heterocycles. The fraction of sp³-hybridized carbons (Fsp3) is 0.538. The SMILES string of the molecule is COc1ccc(C2CSC(C)CCN2)cc1F. The predicted molar refractivity (Wildman–Crippen MR) is 70.2 cm³/mol. The van der Waals surface area contributed by atoms with Crippen molar-refractivity contribution in [3.8, 4) is 5.75 Å². The number of hydrogen-bond acceptors (Lipinski definition) is 3. The van der Waals surface area contributed by atoms with E-state index in [4.69, 9.17) is 4.74 Å². The molecule has 1 aromatic rings. The summed E-state index contributed by atoms with van der Waals surface area (Å²) in [6, 6.07) is 5.46. The number of nitrogens with one attached hydrogen (secondary N) is 1. The van der Waals surface area contributed by atoms with Crippen LogP contribution in [-0.4, -0.2) is 24.7 Å². The van der Waals surface area contributed by atoms with Gasteiger partial charge in [-0.2, -0.15) is 11.8 Å². The van der Waals surface area contributed by atoms with E-state index in [1.165, 1.54) is 13.5 Å². The van der Waals surface area contributed by atoms with Crippen molar-refractivity contribution in [2.45, 2.75) is 24.6 Å². The largest absolute Gasteiger partial charge is 0.494 e. The number of methoxy groups -OCH3 is 1. The van der Waals surface area contributed by atoms with Gasteiger partial charge in [0.2, 0.25) is 0 Å². The fourth-order valence-corrected chi connectivity index (χ4v) is 3.09. The lowest BCUT2D eigenvalue weighted by Gasteiger charge is -2.16. The summed E-state index contributed by atoms with van der Waals surface area (Å²) >= 11 is 1.94. The molecule has 2 unspecified atom stereocenters. The van der Waals surface area contributed by atoms with Crippen LogP contribution in [0.3, 0.4) is 0 Å². The Kier molecular flexibility index (Phi) is 4.29. The minimum absolute atomic E-state index is 0.241. The maximum absolute atomic E-state index is 13.6. The van der Waals surface area contributed by atoms with Crippen LogP contribution in [0.1, 0.15) is 24.9 Å². The zero-order valence-corrected chi connectivity index (χ0v) is 11.0. The van der Waals surface area contributed by atoms with Crippen LogP contribution in [0, 0.1) is 5.82 Å². The van der Waals surface area contributed by atoms with E-state index < -0.39 is 0 Å². The van der Waals surface area contributed by atoms with Gasteiger partial charge in [0.1, 0.15) is 0 Å². The summed E-state index contributed by atoms with van der Waals surface area (Å²) in [5.74, 6) is 1.02. The maximum atomic E-state index is 13.6. The van der Waals surface area contributed by atoms with Gasteiger partial charge in [-0.3, -0.25) is 0 Å². The van der Waals surface area contributed by atoms with Gasteiger partial charge in [-0.25, -0.2) is 4.39 Å². The Morgan fingerprint density at radius 2 is 2.29 bits per heavy atom. The normalized spacial score (nSPS) is 25.4. The Hall–Kier alpha value is -0.740. The smallest absolute Gasteiger partial charge is 0.165 e. The first-order chi connectivity index (χ1) is 8.20. The summed E-state index contributed by atoms with van der Waals surface area (Å²) in [5, 5.41) is 4.14. The molecule has 2 nitrogen and oxygen atoms in total. The van der Waals surface area contributed by atoms with Gasteiger partial charge < -0.3 is 10.1 Å². The topological polar surface area (TPSA) is 21.3 Å². The van der Waals surface area contributed by atoms with Crippen LogP contribution < -0.4 is 10.1 Å². The fourth-order valence-electron chi connectivity index (χ4n) is 1.98. The second-order valence-corrected chi connectivity index (χ2v) is 5.80. The van der Waals surface area contributed by atoms with E-state index in [-0.39, 0.29) is 11.9 Å². The van der Waals surface area contributed by atoms with Gasteiger partial charge in [-0.05, 0) is 30.7 Å². The summed E-state index contributed by atoms with van der Waals surface area (Å²) < 4.78 is 18.6. The highest BCUT2D eigenvalue weighted by Gasteiger charge is 2.18. The molecular formula is C13H18FNOS. The molecule has 17 heavy (non-hydrogen) atoms. The van der Waals surface area contributed by atoms with E-state index in [2.05, 4.69) is 12.2 Å². The van der Waals surface area contributed by atoms with Gasteiger partial charge in [-0.15, -0.1) is 0 Å². The van der Waals surface area contributed by atoms with Crippen molar-refractivity contribution in [1.82, 2.24) is 5.32 Å². The molecule has 1 aliphatic rings. The molecular weight excluding hydrogens is 237 g/mol. The predicted octanol–water partition coefficient (Wildman–Crippen LogP) is 2.99. The number of benzene rings is 1. The first-order valence-electron chi connectivity index (χ1n) is 5.89. The van der Waals surface area contributed by atoms with Crippen molar-refractivity contribution in [1.29, 1.82) is 0 Å². The monoisotopic (exact) mass is 255 g/mol. The molecule has 1 saturated heterocycles. The van der Waals surface area contributed by atoms with Crippen LogP contribution in [0.2, 0.25) is 0 Å². The van der Waals surface area contributed by atoms with Crippen LogP contribution >= 0.6 is 11.8 Å². The molecule has 2 atom stereocenters. The molecule has 0 aliphatic carbocycles. The molecule has 0 amide bonds. The molecule has 0 saturated carbocycles. The molecule has 2 rings (SSSR count). The number of rotatable bonds is 2. The van der Waals surface area contributed by atoms with Crippen molar-refractivity contribution in [2.75, 3.05) is 19.4 Å². The zero-order chi connectivity index (χ0) is 12.3. The van der Waals surface area contributed by atoms with Crippen LogP contribution in [-0.2, 0) is 0 Å². The van der Waals surface area contributed by atoms with Gasteiger partial charge in [0, 0.05) is 17.0 Å². The Morgan fingerprint density at radius 3 is 3.00 bits per heavy atom. The highest BCUT2D eigenvalue weighted by Crippen LogP contribution is 2.28. The van der Waals surface area contributed by atoms with Crippen LogP contribution in [0.4, 0.5) is 4.39 Å². The number of thioether (sulfide) groups is 1. The van der Waals surface area contributed by atoms with Gasteiger partial charge >= 0.3 is 0 Å². The molecule has 1 heterocycles. The molecule has 94 valence electrons. The van der Waals surface area contributed by atoms with Gasteiger partial charge in [0.05, 0.1) is 7.11 Å². The van der Waals surface area contributed by atoms with Crippen LogP contribution in [0.5, 0.6) is 5.75 Å². The summed E-state index contributed by atoms with van der Waals surface area (Å²) in [7, 11) is 1.49. The molecule has 1 N–H and O–H groups in total. The van der Waals surface area contributed by atoms with Crippen molar-refractivity contribution >= 4 is 11.8 Å². The van der Waals surface area contributed by atoms with Crippen LogP contribution in [0.25, 0.3) is 0 Å². The summed E-state index contributed by atoms with van der Waals surface area (Å²) in [6.45, 7) is 3.23. The second-order valence-electron chi connectivity index (χ2n) is 4.33. The molecule has 0 bridgehead atoms. The van der Waals surface area contributed by atoms with E-state index in [0.29, 0.717) is 11.0 Å². The van der Waals surface area contributed by atoms with Crippen molar-refractivity contribution in [2.24, 2.45) is 0 Å². The number of hydrogen-bond donors (Lipinski definition) is 1. The summed E-state index contributed by atoms with van der Waals surface area (Å²) in [4.78, 5) is 0. The molecule has 0 radical (unpaired) electrons. The molecule has 0 spiro atoms. The lowest BCUT2D eigenvalue weighted by molar-refractivity contribution is 0.385. The Bertz CT molecular complexity index is 386. The third-order valence-corrected chi connectivity index (χ3v) is 4.40. The van der Waals surface area contributed by atoms with Gasteiger partial charge in [-0.1, -0.05) is 13.0 Å². The van der Waals surface area contributed by atoms with Crippen molar-refractivity contribution < 1.29 is 9.13 Å². The average Bonchev–Trinajstić information content (AvgIpc) is 2.54. The highest BCUT2D eigenvalue weighted by molar-refractivity contribution is 7.99. The van der Waals surface area contributed by atoms with E-state index in [1.807, 2.05) is 17.8 Å². The molecule has 0 aromatic heterocycles. The third-order valence-electron chi connectivity index (χ3n) is 3.07. The van der Waals surface area contributed by atoms with Gasteiger partial charge in [0.15, 0.2) is 11.6 Å². The molecule has 4 heteroatoms.